The van der Waals surface area contributed by atoms with Gasteiger partial charge in [-0.3, -0.25) is 4.79 Å². The molecule has 0 radical (unpaired) electrons. The summed E-state index contributed by atoms with van der Waals surface area (Å²) in [5.41, 5.74) is 3.53. The molecule has 0 aromatic heterocycles. The standard InChI is InChI=1S/C25H21F2N3O2/c26-21-8-9-22(27)20-15-29(12-11-19(20)21)25(32)28-18-6-3-5-17(14-18)24(31)30-13-10-16-4-1-2-7-23(16)30/h1-9,14H,10-13,15H2,(H,28,32). The van der Waals surface area contributed by atoms with Gasteiger partial charge in [-0.25, -0.2) is 13.6 Å². The van der Waals surface area contributed by atoms with Crippen molar-refractivity contribution in [1.29, 1.82) is 0 Å². The first-order valence-corrected chi connectivity index (χ1v) is 10.5. The molecule has 162 valence electrons. The Morgan fingerprint density at radius 2 is 1.62 bits per heavy atom. The van der Waals surface area contributed by atoms with Crippen molar-refractivity contribution in [3.8, 4) is 0 Å². The lowest BCUT2D eigenvalue weighted by Gasteiger charge is -2.29. The van der Waals surface area contributed by atoms with Gasteiger partial charge in [-0.15, -0.1) is 0 Å². The molecule has 32 heavy (non-hydrogen) atoms. The number of amides is 3. The predicted octanol–water partition coefficient (Wildman–Crippen LogP) is 4.76. The van der Waals surface area contributed by atoms with E-state index in [4.69, 9.17) is 0 Å². The third-order valence-electron chi connectivity index (χ3n) is 6.08. The number of carbonyl (C=O) groups is 2. The number of anilines is 2. The van der Waals surface area contributed by atoms with Crippen LogP contribution in [0.5, 0.6) is 0 Å². The minimum Gasteiger partial charge on any atom is -0.320 e. The average Bonchev–Trinajstić information content (AvgIpc) is 3.25. The summed E-state index contributed by atoms with van der Waals surface area (Å²) in [6.07, 6.45) is 1.06. The van der Waals surface area contributed by atoms with E-state index < -0.39 is 17.7 Å². The van der Waals surface area contributed by atoms with E-state index >= 15 is 0 Å². The summed E-state index contributed by atoms with van der Waals surface area (Å²) < 4.78 is 28.1. The highest BCUT2D eigenvalue weighted by Crippen LogP contribution is 2.29. The third kappa shape index (κ3) is 3.60. The molecule has 0 spiro atoms. The molecule has 0 bridgehead atoms. The van der Waals surface area contributed by atoms with Crippen LogP contribution in [0.25, 0.3) is 0 Å². The van der Waals surface area contributed by atoms with Gasteiger partial charge in [0.15, 0.2) is 0 Å². The summed E-state index contributed by atoms with van der Waals surface area (Å²) in [6.45, 7) is 0.889. The second kappa shape index (κ2) is 8.07. The van der Waals surface area contributed by atoms with Crippen LogP contribution in [0.15, 0.2) is 60.7 Å². The van der Waals surface area contributed by atoms with Crippen LogP contribution in [0.4, 0.5) is 25.0 Å². The number of rotatable bonds is 2. The molecule has 3 amide bonds. The Hall–Kier alpha value is -3.74. The molecule has 0 atom stereocenters. The Kier molecular flexibility index (Phi) is 5.09. The fraction of sp³-hybridized carbons (Fsp3) is 0.200. The summed E-state index contributed by atoms with van der Waals surface area (Å²) >= 11 is 0. The summed E-state index contributed by atoms with van der Waals surface area (Å²) in [6, 6.07) is 16.4. The quantitative estimate of drug-likeness (QED) is 0.634. The molecule has 5 rings (SSSR count). The summed E-state index contributed by atoms with van der Waals surface area (Å²) in [7, 11) is 0. The van der Waals surface area contributed by atoms with E-state index in [2.05, 4.69) is 5.32 Å². The molecule has 0 fully saturated rings. The number of halogens is 2. The van der Waals surface area contributed by atoms with Crippen molar-refractivity contribution in [2.24, 2.45) is 0 Å². The van der Waals surface area contributed by atoms with Gasteiger partial charge in [0, 0.05) is 35.6 Å². The first kappa shape index (κ1) is 20.2. The van der Waals surface area contributed by atoms with Gasteiger partial charge in [-0.1, -0.05) is 24.3 Å². The molecular weight excluding hydrogens is 412 g/mol. The van der Waals surface area contributed by atoms with Crippen molar-refractivity contribution >= 4 is 23.3 Å². The number of para-hydroxylation sites is 1. The molecular formula is C25H21F2N3O2. The molecule has 0 saturated carbocycles. The Morgan fingerprint density at radius 3 is 2.47 bits per heavy atom. The van der Waals surface area contributed by atoms with Gasteiger partial charge >= 0.3 is 6.03 Å². The van der Waals surface area contributed by atoms with Gasteiger partial charge < -0.3 is 15.1 Å². The van der Waals surface area contributed by atoms with Crippen molar-refractivity contribution in [1.82, 2.24) is 4.90 Å². The second-order valence-electron chi connectivity index (χ2n) is 8.00. The zero-order valence-electron chi connectivity index (χ0n) is 17.3. The number of hydrogen-bond donors (Lipinski definition) is 1. The highest BCUT2D eigenvalue weighted by Gasteiger charge is 2.27. The highest BCUT2D eigenvalue weighted by atomic mass is 19.1. The number of benzene rings is 3. The number of urea groups is 1. The maximum absolute atomic E-state index is 14.1. The molecule has 0 unspecified atom stereocenters. The third-order valence-corrected chi connectivity index (χ3v) is 6.08. The number of nitrogens with one attached hydrogen (secondary N) is 1. The van der Waals surface area contributed by atoms with Crippen molar-refractivity contribution in [3.05, 3.63) is 94.6 Å². The van der Waals surface area contributed by atoms with E-state index in [0.717, 1.165) is 29.8 Å². The topological polar surface area (TPSA) is 52.7 Å². The first-order chi connectivity index (χ1) is 15.5. The van der Waals surface area contributed by atoms with Crippen molar-refractivity contribution in [2.75, 3.05) is 23.3 Å². The molecule has 2 aliphatic rings. The lowest BCUT2D eigenvalue weighted by molar-refractivity contribution is 0.0989. The molecule has 2 heterocycles. The number of hydrogen-bond acceptors (Lipinski definition) is 2. The zero-order chi connectivity index (χ0) is 22.2. The van der Waals surface area contributed by atoms with Crippen LogP contribution in [0, 0.1) is 11.6 Å². The van der Waals surface area contributed by atoms with E-state index in [-0.39, 0.29) is 31.0 Å². The van der Waals surface area contributed by atoms with Crippen molar-refractivity contribution in [2.45, 2.75) is 19.4 Å². The van der Waals surface area contributed by atoms with Crippen LogP contribution in [-0.4, -0.2) is 29.9 Å². The minimum absolute atomic E-state index is 0.00601. The van der Waals surface area contributed by atoms with E-state index in [1.807, 2.05) is 24.3 Å². The summed E-state index contributed by atoms with van der Waals surface area (Å²) in [5, 5.41) is 2.78. The van der Waals surface area contributed by atoms with E-state index in [0.29, 0.717) is 23.4 Å². The monoisotopic (exact) mass is 433 g/mol. The van der Waals surface area contributed by atoms with Crippen LogP contribution in [0.1, 0.15) is 27.0 Å². The zero-order valence-corrected chi connectivity index (χ0v) is 17.3. The fourth-order valence-corrected chi connectivity index (χ4v) is 4.40. The Morgan fingerprint density at radius 1 is 0.844 bits per heavy atom. The maximum Gasteiger partial charge on any atom is 0.322 e. The van der Waals surface area contributed by atoms with Gasteiger partial charge in [0.1, 0.15) is 11.6 Å². The van der Waals surface area contributed by atoms with E-state index in [9.17, 15) is 18.4 Å². The molecule has 0 aliphatic carbocycles. The summed E-state index contributed by atoms with van der Waals surface area (Å²) in [4.78, 5) is 29.0. The molecule has 0 saturated heterocycles. The Bertz CT molecular complexity index is 1230. The molecule has 1 N–H and O–H groups in total. The van der Waals surface area contributed by atoms with E-state index in [1.54, 1.807) is 29.2 Å². The highest BCUT2D eigenvalue weighted by molar-refractivity contribution is 6.08. The summed E-state index contributed by atoms with van der Waals surface area (Å²) in [5.74, 6) is -1.09. The average molecular weight is 433 g/mol. The van der Waals surface area contributed by atoms with Crippen molar-refractivity contribution < 1.29 is 18.4 Å². The first-order valence-electron chi connectivity index (χ1n) is 10.5. The molecule has 7 heteroatoms. The van der Waals surface area contributed by atoms with Crippen molar-refractivity contribution in [3.63, 3.8) is 0 Å². The lowest BCUT2D eigenvalue weighted by atomic mass is 9.99. The second-order valence-corrected chi connectivity index (χ2v) is 8.00. The molecule has 3 aromatic carbocycles. The van der Waals surface area contributed by atoms with Gasteiger partial charge in [-0.2, -0.15) is 0 Å². The Balaban J connectivity index is 1.31. The number of fused-ring (bicyclic) bond motifs is 2. The van der Waals surface area contributed by atoms with Crippen LogP contribution >= 0.6 is 0 Å². The predicted molar refractivity (Wildman–Crippen MR) is 118 cm³/mol. The number of carbonyl (C=O) groups excluding carboxylic acids is 2. The van der Waals surface area contributed by atoms with Crippen LogP contribution in [-0.2, 0) is 19.4 Å². The maximum atomic E-state index is 14.1. The SMILES string of the molecule is O=C(Nc1cccc(C(=O)N2CCc3ccccc32)c1)N1CCc2c(F)ccc(F)c2C1. The van der Waals surface area contributed by atoms with Crippen LogP contribution < -0.4 is 10.2 Å². The van der Waals surface area contributed by atoms with Gasteiger partial charge in [-0.05, 0) is 60.4 Å². The van der Waals surface area contributed by atoms with E-state index in [1.165, 1.54) is 4.90 Å². The fourth-order valence-electron chi connectivity index (χ4n) is 4.40. The van der Waals surface area contributed by atoms with Crippen LogP contribution in [0.2, 0.25) is 0 Å². The smallest absolute Gasteiger partial charge is 0.320 e. The van der Waals surface area contributed by atoms with Gasteiger partial charge in [0.2, 0.25) is 0 Å². The minimum atomic E-state index is -0.516. The van der Waals surface area contributed by atoms with Gasteiger partial charge in [0.25, 0.3) is 5.91 Å². The molecule has 3 aromatic rings. The van der Waals surface area contributed by atoms with Gasteiger partial charge in [0.05, 0.1) is 6.54 Å². The number of nitrogens with zero attached hydrogens (tertiary/aromatic N) is 2. The normalized spacial score (nSPS) is 14.7. The largest absolute Gasteiger partial charge is 0.322 e. The van der Waals surface area contributed by atoms with Crippen LogP contribution in [0.3, 0.4) is 0 Å². The molecule has 2 aliphatic heterocycles. The Labute approximate surface area is 184 Å². The molecule has 5 nitrogen and oxygen atoms in total. The lowest BCUT2D eigenvalue weighted by Crippen LogP contribution is -2.39.